The molecule has 0 amide bonds. The van der Waals surface area contributed by atoms with Crippen LogP contribution in [-0.4, -0.2) is 10.7 Å². The van der Waals surface area contributed by atoms with Gasteiger partial charge in [0, 0.05) is 0 Å². The summed E-state index contributed by atoms with van der Waals surface area (Å²) in [6, 6.07) is 0. The molecule has 0 unspecified atom stereocenters. The fourth-order valence-electron chi connectivity index (χ4n) is 8.25. The van der Waals surface area contributed by atoms with E-state index in [2.05, 4.69) is 34.6 Å². The third-order valence-corrected chi connectivity index (χ3v) is 9.34. The van der Waals surface area contributed by atoms with Crippen LogP contribution in [0.3, 0.4) is 0 Å². The summed E-state index contributed by atoms with van der Waals surface area (Å²) in [5, 5.41) is 11.1. The fraction of sp³-hybridized carbons (Fsp3) is 1.00. The van der Waals surface area contributed by atoms with Crippen molar-refractivity contribution in [1.29, 1.82) is 0 Å². The van der Waals surface area contributed by atoms with E-state index in [0.29, 0.717) is 22.2 Å². The van der Waals surface area contributed by atoms with E-state index in [9.17, 15) is 5.11 Å². The molecule has 7 atom stereocenters. The van der Waals surface area contributed by atoms with E-state index in [1.807, 2.05) is 0 Å². The van der Waals surface area contributed by atoms with Gasteiger partial charge in [0.1, 0.15) is 0 Å². The highest BCUT2D eigenvalue weighted by atomic mass is 16.3. The van der Waals surface area contributed by atoms with Gasteiger partial charge in [0.25, 0.3) is 0 Å². The molecule has 0 saturated heterocycles. The van der Waals surface area contributed by atoms with Crippen LogP contribution in [0, 0.1) is 39.9 Å². The highest BCUT2D eigenvalue weighted by Crippen LogP contribution is 2.78. The Morgan fingerprint density at radius 3 is 2.33 bits per heavy atom. The van der Waals surface area contributed by atoms with Gasteiger partial charge in [0.2, 0.25) is 0 Å². The van der Waals surface area contributed by atoms with Crippen molar-refractivity contribution in [3.05, 3.63) is 0 Å². The molecule has 4 saturated carbocycles. The standard InChI is InChI=1S/C20H34O/c1-13-6-7-14-12-18(4)9-8-15-16(18)20(13,17(14,2)3)11-10-19(15,5)21/h13-16,21H,6-12H2,1-5H3/t13-,14+,15+,16-,18+,19+,20-/m1/s1. The lowest BCUT2D eigenvalue weighted by molar-refractivity contribution is -0.252. The molecule has 2 bridgehead atoms. The molecule has 0 aliphatic heterocycles. The first-order chi connectivity index (χ1) is 9.65. The molecule has 1 nitrogen and oxygen atoms in total. The second-order valence-corrected chi connectivity index (χ2v) is 10.3. The molecule has 0 radical (unpaired) electrons. The smallest absolute Gasteiger partial charge is 0.0651 e. The SMILES string of the molecule is C[C@@H]1CC[C@H]2C[C@]3(C)CC[C@H]4[C@H]3[C@]1(CC[C@]4(C)O)C2(C)C. The van der Waals surface area contributed by atoms with Crippen LogP contribution in [0.5, 0.6) is 0 Å². The first kappa shape index (κ1) is 14.5. The zero-order valence-corrected chi connectivity index (χ0v) is 14.7. The summed E-state index contributed by atoms with van der Waals surface area (Å²) in [7, 11) is 0. The Bertz CT molecular complexity index is 464. The van der Waals surface area contributed by atoms with Crippen LogP contribution in [-0.2, 0) is 0 Å². The van der Waals surface area contributed by atoms with Crippen molar-refractivity contribution >= 4 is 0 Å². The van der Waals surface area contributed by atoms with Gasteiger partial charge in [-0.1, -0.05) is 27.7 Å². The molecule has 1 spiro atoms. The van der Waals surface area contributed by atoms with Crippen LogP contribution in [0.4, 0.5) is 0 Å². The Hall–Kier alpha value is -0.0400. The molecular formula is C20H34O. The molecule has 4 fully saturated rings. The van der Waals surface area contributed by atoms with Crippen molar-refractivity contribution in [2.24, 2.45) is 39.9 Å². The van der Waals surface area contributed by atoms with Crippen LogP contribution in [0.15, 0.2) is 0 Å². The van der Waals surface area contributed by atoms with Gasteiger partial charge >= 0.3 is 0 Å². The molecule has 4 rings (SSSR count). The largest absolute Gasteiger partial charge is 0.390 e. The minimum Gasteiger partial charge on any atom is -0.390 e. The van der Waals surface area contributed by atoms with Crippen LogP contribution >= 0.6 is 0 Å². The second kappa shape index (κ2) is 3.89. The first-order valence-corrected chi connectivity index (χ1v) is 9.37. The molecule has 0 aromatic carbocycles. The molecule has 0 aromatic rings. The number of fused-ring (bicyclic) bond motifs is 1. The van der Waals surface area contributed by atoms with Crippen LogP contribution < -0.4 is 0 Å². The molecule has 4 aliphatic carbocycles. The number of hydrogen-bond donors (Lipinski definition) is 1. The highest BCUT2D eigenvalue weighted by Gasteiger charge is 2.72. The summed E-state index contributed by atoms with van der Waals surface area (Å²) in [5.74, 6) is 3.06. The molecule has 0 heterocycles. The maximum absolute atomic E-state index is 11.1. The summed E-state index contributed by atoms with van der Waals surface area (Å²) in [4.78, 5) is 0. The van der Waals surface area contributed by atoms with Crippen molar-refractivity contribution in [2.45, 2.75) is 85.2 Å². The van der Waals surface area contributed by atoms with Crippen LogP contribution in [0.1, 0.15) is 79.6 Å². The Morgan fingerprint density at radius 1 is 0.905 bits per heavy atom. The Kier molecular flexibility index (Phi) is 2.69. The maximum atomic E-state index is 11.1. The van der Waals surface area contributed by atoms with Gasteiger partial charge in [-0.2, -0.15) is 0 Å². The number of rotatable bonds is 0. The monoisotopic (exact) mass is 290 g/mol. The maximum Gasteiger partial charge on any atom is 0.0651 e. The van der Waals surface area contributed by atoms with Gasteiger partial charge in [-0.25, -0.2) is 0 Å². The predicted octanol–water partition coefficient (Wildman–Crippen LogP) is 5.03. The summed E-state index contributed by atoms with van der Waals surface area (Å²) in [5.41, 5.74) is 1.05. The van der Waals surface area contributed by atoms with Crippen molar-refractivity contribution in [3.8, 4) is 0 Å². The number of hydrogen-bond acceptors (Lipinski definition) is 1. The third kappa shape index (κ3) is 1.48. The Labute approximate surface area is 130 Å². The van der Waals surface area contributed by atoms with Crippen molar-refractivity contribution in [1.82, 2.24) is 0 Å². The summed E-state index contributed by atoms with van der Waals surface area (Å²) in [6.07, 6.45) is 9.22. The van der Waals surface area contributed by atoms with Gasteiger partial charge in [0.15, 0.2) is 0 Å². The zero-order valence-electron chi connectivity index (χ0n) is 14.7. The minimum absolute atomic E-state index is 0.409. The summed E-state index contributed by atoms with van der Waals surface area (Å²) < 4.78 is 0. The molecular weight excluding hydrogens is 256 g/mol. The van der Waals surface area contributed by atoms with Gasteiger partial charge in [0.05, 0.1) is 5.60 Å². The zero-order chi connectivity index (χ0) is 15.3. The van der Waals surface area contributed by atoms with Crippen molar-refractivity contribution in [3.63, 3.8) is 0 Å². The first-order valence-electron chi connectivity index (χ1n) is 9.37. The van der Waals surface area contributed by atoms with E-state index in [-0.39, 0.29) is 0 Å². The quantitative estimate of drug-likeness (QED) is 0.663. The molecule has 1 heteroatoms. The third-order valence-electron chi connectivity index (χ3n) is 9.34. The summed E-state index contributed by atoms with van der Waals surface area (Å²) in [6.45, 7) is 12.4. The van der Waals surface area contributed by atoms with Gasteiger partial charge in [-0.15, -0.1) is 0 Å². The van der Waals surface area contributed by atoms with E-state index in [0.717, 1.165) is 24.2 Å². The highest BCUT2D eigenvalue weighted by molar-refractivity contribution is 5.21. The number of aliphatic hydroxyl groups is 1. The fourth-order valence-corrected chi connectivity index (χ4v) is 8.25. The van der Waals surface area contributed by atoms with Gasteiger partial charge in [-0.05, 0) is 91.8 Å². The topological polar surface area (TPSA) is 20.2 Å². The van der Waals surface area contributed by atoms with Crippen LogP contribution in [0.25, 0.3) is 0 Å². The van der Waals surface area contributed by atoms with Crippen molar-refractivity contribution in [2.75, 3.05) is 0 Å². The van der Waals surface area contributed by atoms with Gasteiger partial charge < -0.3 is 5.11 Å². The minimum atomic E-state index is -0.409. The average Bonchev–Trinajstić information content (AvgIpc) is 2.72. The summed E-state index contributed by atoms with van der Waals surface area (Å²) >= 11 is 0. The van der Waals surface area contributed by atoms with E-state index in [4.69, 9.17) is 0 Å². The van der Waals surface area contributed by atoms with E-state index in [1.54, 1.807) is 0 Å². The lowest BCUT2D eigenvalue weighted by Gasteiger charge is -2.72. The Morgan fingerprint density at radius 2 is 1.62 bits per heavy atom. The van der Waals surface area contributed by atoms with E-state index in [1.165, 1.54) is 38.5 Å². The predicted molar refractivity (Wildman–Crippen MR) is 86.9 cm³/mol. The molecule has 21 heavy (non-hydrogen) atoms. The molecule has 0 aromatic heterocycles. The van der Waals surface area contributed by atoms with E-state index < -0.39 is 5.60 Å². The van der Waals surface area contributed by atoms with E-state index >= 15 is 0 Å². The lowest BCUT2D eigenvalue weighted by Crippen LogP contribution is -2.67. The Balaban J connectivity index is 1.91. The molecule has 120 valence electrons. The normalized spacial score (nSPS) is 61.4. The molecule has 1 N–H and O–H groups in total. The molecule has 4 aliphatic rings. The van der Waals surface area contributed by atoms with Crippen LogP contribution in [0.2, 0.25) is 0 Å². The van der Waals surface area contributed by atoms with Gasteiger partial charge in [-0.3, -0.25) is 0 Å². The van der Waals surface area contributed by atoms with Crippen molar-refractivity contribution < 1.29 is 5.11 Å². The second-order valence-electron chi connectivity index (χ2n) is 10.3. The lowest BCUT2D eigenvalue weighted by atomic mass is 9.33. The average molecular weight is 290 g/mol.